The fourth-order valence-corrected chi connectivity index (χ4v) is 3.91. The fourth-order valence-electron chi connectivity index (χ4n) is 1.79. The van der Waals surface area contributed by atoms with Gasteiger partial charge in [0.2, 0.25) is 10.0 Å². The van der Waals surface area contributed by atoms with Gasteiger partial charge in [0.25, 0.3) is 0 Å². The van der Waals surface area contributed by atoms with Crippen LogP contribution < -0.4 is 10.0 Å². The van der Waals surface area contributed by atoms with Gasteiger partial charge in [0.15, 0.2) is 0 Å². The molecule has 0 spiro atoms. The van der Waals surface area contributed by atoms with Crippen LogP contribution in [0.2, 0.25) is 0 Å². The van der Waals surface area contributed by atoms with E-state index in [0.717, 1.165) is 5.56 Å². The fraction of sp³-hybridized carbons (Fsp3) is 0.308. The van der Waals surface area contributed by atoms with Gasteiger partial charge in [0, 0.05) is 18.8 Å². The lowest BCUT2D eigenvalue weighted by atomic mass is 10.2. The summed E-state index contributed by atoms with van der Waals surface area (Å²) < 4.78 is 27.6. The SMILES string of the molecule is CCNc1ncccc1S(=O)(=O)NC(C)c1ccsc1. The van der Waals surface area contributed by atoms with E-state index in [0.29, 0.717) is 12.4 Å². The molecule has 1 atom stereocenters. The first kappa shape index (κ1) is 15.0. The smallest absolute Gasteiger partial charge is 0.244 e. The number of pyridine rings is 1. The lowest BCUT2D eigenvalue weighted by Crippen LogP contribution is -2.27. The minimum Gasteiger partial charge on any atom is -0.369 e. The van der Waals surface area contributed by atoms with E-state index in [9.17, 15) is 8.42 Å². The van der Waals surface area contributed by atoms with E-state index in [1.54, 1.807) is 29.7 Å². The Kier molecular flexibility index (Phi) is 4.74. The topological polar surface area (TPSA) is 71.1 Å². The molecule has 0 bridgehead atoms. The number of nitrogens with one attached hydrogen (secondary N) is 2. The summed E-state index contributed by atoms with van der Waals surface area (Å²) in [6.07, 6.45) is 1.57. The standard InChI is InChI=1S/C13H17N3O2S2/c1-3-14-13-12(5-4-7-15-13)20(17,18)16-10(2)11-6-8-19-9-11/h4-10,16H,3H2,1-2H3,(H,14,15). The van der Waals surface area contributed by atoms with Crippen LogP contribution >= 0.6 is 11.3 Å². The Labute approximate surface area is 123 Å². The first-order valence-corrected chi connectivity index (χ1v) is 8.70. The van der Waals surface area contributed by atoms with Gasteiger partial charge in [0.1, 0.15) is 10.7 Å². The summed E-state index contributed by atoms with van der Waals surface area (Å²) in [6, 6.07) is 4.80. The summed E-state index contributed by atoms with van der Waals surface area (Å²) >= 11 is 1.54. The van der Waals surface area contributed by atoms with Crippen LogP contribution in [-0.4, -0.2) is 19.9 Å². The van der Waals surface area contributed by atoms with E-state index < -0.39 is 10.0 Å². The van der Waals surface area contributed by atoms with Crippen LogP contribution in [0.5, 0.6) is 0 Å². The van der Waals surface area contributed by atoms with E-state index >= 15 is 0 Å². The maximum atomic E-state index is 12.4. The highest BCUT2D eigenvalue weighted by Crippen LogP contribution is 2.22. The van der Waals surface area contributed by atoms with Gasteiger partial charge in [-0.05, 0) is 48.4 Å². The van der Waals surface area contributed by atoms with E-state index in [1.807, 2.05) is 30.7 Å². The van der Waals surface area contributed by atoms with Crippen LogP contribution in [0, 0.1) is 0 Å². The van der Waals surface area contributed by atoms with Crippen molar-refractivity contribution >= 4 is 27.2 Å². The normalized spacial score (nSPS) is 13.1. The average molecular weight is 311 g/mol. The monoisotopic (exact) mass is 311 g/mol. The molecule has 0 saturated carbocycles. The quantitative estimate of drug-likeness (QED) is 0.860. The minimum atomic E-state index is -3.61. The molecule has 0 saturated heterocycles. The Morgan fingerprint density at radius 2 is 2.20 bits per heavy atom. The van der Waals surface area contributed by atoms with Crippen molar-refractivity contribution in [3.05, 3.63) is 40.7 Å². The number of hydrogen-bond donors (Lipinski definition) is 2. The molecular formula is C13H17N3O2S2. The Bertz CT molecular complexity index is 654. The van der Waals surface area contributed by atoms with Crippen LogP contribution in [0.25, 0.3) is 0 Å². The van der Waals surface area contributed by atoms with Crippen LogP contribution in [0.15, 0.2) is 40.1 Å². The molecule has 2 aromatic heterocycles. The van der Waals surface area contributed by atoms with Gasteiger partial charge in [-0.2, -0.15) is 11.3 Å². The summed E-state index contributed by atoms with van der Waals surface area (Å²) in [5.41, 5.74) is 0.951. The van der Waals surface area contributed by atoms with E-state index in [1.165, 1.54) is 0 Å². The molecule has 0 aliphatic carbocycles. The summed E-state index contributed by atoms with van der Waals surface area (Å²) in [6.45, 7) is 4.33. The number of aromatic nitrogens is 1. The van der Waals surface area contributed by atoms with Crippen molar-refractivity contribution in [3.63, 3.8) is 0 Å². The third-order valence-electron chi connectivity index (χ3n) is 2.78. The molecule has 0 aliphatic heterocycles. The zero-order valence-corrected chi connectivity index (χ0v) is 13.0. The molecule has 2 rings (SSSR count). The maximum Gasteiger partial charge on any atom is 0.244 e. The Morgan fingerprint density at radius 3 is 2.85 bits per heavy atom. The van der Waals surface area contributed by atoms with Gasteiger partial charge in [-0.25, -0.2) is 18.1 Å². The summed E-state index contributed by atoms with van der Waals surface area (Å²) in [5, 5.41) is 6.82. The molecular weight excluding hydrogens is 294 g/mol. The highest BCUT2D eigenvalue weighted by Gasteiger charge is 2.22. The van der Waals surface area contributed by atoms with Crippen molar-refractivity contribution in [1.29, 1.82) is 0 Å². The second-order valence-electron chi connectivity index (χ2n) is 4.28. The molecule has 20 heavy (non-hydrogen) atoms. The van der Waals surface area contributed by atoms with Crippen LogP contribution in [0.4, 0.5) is 5.82 Å². The number of anilines is 1. The Hall–Kier alpha value is -1.44. The molecule has 0 aromatic carbocycles. The van der Waals surface area contributed by atoms with Crippen molar-refractivity contribution < 1.29 is 8.42 Å². The summed E-state index contributed by atoms with van der Waals surface area (Å²) in [4.78, 5) is 4.25. The van der Waals surface area contributed by atoms with Gasteiger partial charge in [0.05, 0.1) is 0 Å². The molecule has 0 aliphatic rings. The lowest BCUT2D eigenvalue weighted by Gasteiger charge is -2.15. The van der Waals surface area contributed by atoms with Crippen molar-refractivity contribution in [2.45, 2.75) is 24.8 Å². The van der Waals surface area contributed by atoms with Gasteiger partial charge in [-0.3, -0.25) is 0 Å². The third kappa shape index (κ3) is 3.36. The predicted octanol–water partition coefficient (Wildman–Crippen LogP) is 2.61. The third-order valence-corrected chi connectivity index (χ3v) is 5.05. The van der Waals surface area contributed by atoms with Crippen molar-refractivity contribution in [1.82, 2.24) is 9.71 Å². The molecule has 0 amide bonds. The zero-order valence-electron chi connectivity index (χ0n) is 11.3. The minimum absolute atomic E-state index is 0.170. The van der Waals surface area contributed by atoms with E-state index in [2.05, 4.69) is 15.0 Å². The first-order chi connectivity index (χ1) is 9.54. The molecule has 108 valence electrons. The van der Waals surface area contributed by atoms with Crippen molar-refractivity contribution in [3.8, 4) is 0 Å². The summed E-state index contributed by atoms with van der Waals surface area (Å²) in [7, 11) is -3.61. The molecule has 2 heterocycles. The number of thiophene rings is 1. The molecule has 2 N–H and O–H groups in total. The highest BCUT2D eigenvalue weighted by atomic mass is 32.2. The highest BCUT2D eigenvalue weighted by molar-refractivity contribution is 7.89. The zero-order chi connectivity index (χ0) is 14.6. The number of sulfonamides is 1. The van der Waals surface area contributed by atoms with Crippen LogP contribution in [0.1, 0.15) is 25.5 Å². The second-order valence-corrected chi connectivity index (χ2v) is 6.74. The van der Waals surface area contributed by atoms with Crippen molar-refractivity contribution in [2.75, 3.05) is 11.9 Å². The Balaban J connectivity index is 2.27. The Morgan fingerprint density at radius 1 is 1.40 bits per heavy atom. The van der Waals surface area contributed by atoms with Gasteiger partial charge < -0.3 is 5.32 Å². The number of hydrogen-bond acceptors (Lipinski definition) is 5. The largest absolute Gasteiger partial charge is 0.369 e. The lowest BCUT2D eigenvalue weighted by molar-refractivity contribution is 0.567. The number of rotatable bonds is 6. The van der Waals surface area contributed by atoms with E-state index in [-0.39, 0.29) is 10.9 Å². The predicted molar refractivity (Wildman–Crippen MR) is 81.5 cm³/mol. The first-order valence-electron chi connectivity index (χ1n) is 6.28. The van der Waals surface area contributed by atoms with E-state index in [4.69, 9.17) is 0 Å². The molecule has 7 heteroatoms. The maximum absolute atomic E-state index is 12.4. The van der Waals surface area contributed by atoms with Crippen molar-refractivity contribution in [2.24, 2.45) is 0 Å². The van der Waals surface area contributed by atoms with Gasteiger partial charge in [-0.1, -0.05) is 0 Å². The van der Waals surface area contributed by atoms with Crippen LogP contribution in [-0.2, 0) is 10.0 Å². The molecule has 0 radical (unpaired) electrons. The summed E-state index contributed by atoms with van der Waals surface area (Å²) in [5.74, 6) is 0.375. The molecule has 2 aromatic rings. The number of nitrogens with zero attached hydrogens (tertiary/aromatic N) is 1. The molecule has 0 fully saturated rings. The molecule has 1 unspecified atom stereocenters. The average Bonchev–Trinajstić information content (AvgIpc) is 2.93. The van der Waals surface area contributed by atoms with Gasteiger partial charge in [-0.15, -0.1) is 0 Å². The molecule has 5 nitrogen and oxygen atoms in total. The second kappa shape index (κ2) is 6.34. The van der Waals surface area contributed by atoms with Gasteiger partial charge >= 0.3 is 0 Å². The van der Waals surface area contributed by atoms with Crippen LogP contribution in [0.3, 0.4) is 0 Å².